The molecule has 2 saturated carbocycles. The highest BCUT2D eigenvalue weighted by Crippen LogP contribution is 2.39. The lowest BCUT2D eigenvalue weighted by molar-refractivity contribution is 0.274. The van der Waals surface area contributed by atoms with Gasteiger partial charge in [0.2, 0.25) is 0 Å². The van der Waals surface area contributed by atoms with Crippen LogP contribution in [0.1, 0.15) is 51.4 Å². The quantitative estimate of drug-likeness (QED) is 0.545. The minimum Gasteiger partial charge on any atom is -0.357 e. The van der Waals surface area contributed by atoms with Crippen LogP contribution in [-0.4, -0.2) is 23.3 Å². The number of nitrogens with one attached hydrogen (secondary N) is 1. The van der Waals surface area contributed by atoms with Gasteiger partial charge in [-0.15, -0.1) is 0 Å². The predicted molar refractivity (Wildman–Crippen MR) is 62.1 cm³/mol. The van der Waals surface area contributed by atoms with Gasteiger partial charge in [-0.05, 0) is 44.4 Å². The van der Waals surface area contributed by atoms with E-state index in [1.165, 1.54) is 57.9 Å². The van der Waals surface area contributed by atoms with Crippen molar-refractivity contribution >= 4 is 5.84 Å². The third-order valence-corrected chi connectivity index (χ3v) is 4.52. The van der Waals surface area contributed by atoms with Crippen LogP contribution >= 0.6 is 0 Å². The Kier molecular flexibility index (Phi) is 2.45. The highest BCUT2D eigenvalue weighted by Gasteiger charge is 2.39. The van der Waals surface area contributed by atoms with Crippen LogP contribution in [0.3, 0.4) is 0 Å². The van der Waals surface area contributed by atoms with Gasteiger partial charge in [-0.2, -0.15) is 0 Å². The summed E-state index contributed by atoms with van der Waals surface area (Å²) in [6, 6.07) is 0.751. The van der Waals surface area contributed by atoms with Gasteiger partial charge in [0.05, 0.1) is 5.84 Å². The molecule has 1 saturated heterocycles. The third-order valence-electron chi connectivity index (χ3n) is 4.52. The van der Waals surface area contributed by atoms with Crippen molar-refractivity contribution in [3.05, 3.63) is 0 Å². The first-order valence-corrected chi connectivity index (χ1v) is 6.71. The predicted octanol–water partition coefficient (Wildman–Crippen LogP) is 3.03. The standard InChI is InChI=1S/C13H22N2/c14-13(11-7-8-11)15-9-3-6-12(15)10-4-1-2-5-10/h10-12,14H,1-9H2. The van der Waals surface area contributed by atoms with Crippen molar-refractivity contribution in [3.8, 4) is 0 Å². The van der Waals surface area contributed by atoms with E-state index in [1.807, 2.05) is 0 Å². The average Bonchev–Trinajstić information content (AvgIpc) is 2.80. The van der Waals surface area contributed by atoms with Crippen molar-refractivity contribution in [2.24, 2.45) is 11.8 Å². The molecule has 0 amide bonds. The topological polar surface area (TPSA) is 27.1 Å². The fourth-order valence-electron chi connectivity index (χ4n) is 3.52. The molecule has 1 unspecified atom stereocenters. The lowest BCUT2D eigenvalue weighted by atomic mass is 9.96. The van der Waals surface area contributed by atoms with Crippen molar-refractivity contribution in [1.82, 2.24) is 4.90 Å². The summed E-state index contributed by atoms with van der Waals surface area (Å²) in [6.07, 6.45) is 11.0. The van der Waals surface area contributed by atoms with Gasteiger partial charge < -0.3 is 4.90 Å². The summed E-state index contributed by atoms with van der Waals surface area (Å²) >= 11 is 0. The van der Waals surface area contributed by atoms with Crippen LogP contribution in [0, 0.1) is 17.2 Å². The summed E-state index contributed by atoms with van der Waals surface area (Å²) in [5.74, 6) is 2.56. The van der Waals surface area contributed by atoms with Crippen molar-refractivity contribution in [2.45, 2.75) is 57.4 Å². The van der Waals surface area contributed by atoms with Crippen LogP contribution < -0.4 is 0 Å². The van der Waals surface area contributed by atoms with E-state index in [0.29, 0.717) is 5.92 Å². The van der Waals surface area contributed by atoms with Crippen molar-refractivity contribution < 1.29 is 0 Å². The van der Waals surface area contributed by atoms with Crippen LogP contribution in [0.2, 0.25) is 0 Å². The van der Waals surface area contributed by atoms with Crippen molar-refractivity contribution in [3.63, 3.8) is 0 Å². The molecule has 0 aromatic rings. The number of hydrogen-bond acceptors (Lipinski definition) is 1. The number of rotatable bonds is 2. The SMILES string of the molecule is N=C(C1CC1)N1CCCC1C1CCCC1. The van der Waals surface area contributed by atoms with Gasteiger partial charge in [-0.3, -0.25) is 5.41 Å². The minimum absolute atomic E-state index is 0.645. The van der Waals surface area contributed by atoms with E-state index in [9.17, 15) is 0 Å². The second-order valence-electron chi connectivity index (χ2n) is 5.61. The molecular formula is C13H22N2. The molecule has 0 aromatic carbocycles. The molecule has 3 rings (SSSR count). The Hall–Kier alpha value is -0.530. The Balaban J connectivity index is 1.67. The largest absolute Gasteiger partial charge is 0.357 e. The summed E-state index contributed by atoms with van der Waals surface area (Å²) < 4.78 is 0. The normalized spacial score (nSPS) is 32.5. The molecule has 2 heteroatoms. The molecule has 3 fully saturated rings. The monoisotopic (exact) mass is 206 g/mol. The Bertz CT molecular complexity index is 251. The van der Waals surface area contributed by atoms with E-state index >= 15 is 0 Å². The summed E-state index contributed by atoms with van der Waals surface area (Å²) in [5.41, 5.74) is 0. The summed E-state index contributed by atoms with van der Waals surface area (Å²) in [7, 11) is 0. The Morgan fingerprint density at radius 1 is 0.933 bits per heavy atom. The van der Waals surface area contributed by atoms with E-state index < -0.39 is 0 Å². The van der Waals surface area contributed by atoms with E-state index in [2.05, 4.69) is 4.90 Å². The van der Waals surface area contributed by atoms with E-state index in [4.69, 9.17) is 5.41 Å². The lowest BCUT2D eigenvalue weighted by Crippen LogP contribution is -2.39. The third kappa shape index (κ3) is 1.79. The molecule has 0 aromatic heterocycles. The highest BCUT2D eigenvalue weighted by molar-refractivity contribution is 5.84. The summed E-state index contributed by atoms with van der Waals surface area (Å²) in [5, 5.41) is 8.22. The van der Waals surface area contributed by atoms with E-state index in [0.717, 1.165) is 17.8 Å². The minimum atomic E-state index is 0.645. The Morgan fingerprint density at radius 3 is 2.33 bits per heavy atom. The van der Waals surface area contributed by atoms with Crippen LogP contribution in [0.25, 0.3) is 0 Å². The first-order chi connectivity index (χ1) is 7.36. The first kappa shape index (κ1) is 9.68. The van der Waals surface area contributed by atoms with Crippen LogP contribution in [0.4, 0.5) is 0 Å². The van der Waals surface area contributed by atoms with Gasteiger partial charge in [0.25, 0.3) is 0 Å². The van der Waals surface area contributed by atoms with Gasteiger partial charge >= 0.3 is 0 Å². The molecule has 3 aliphatic rings. The maximum Gasteiger partial charge on any atom is 0.0992 e. The summed E-state index contributed by atoms with van der Waals surface area (Å²) in [6.45, 7) is 1.18. The van der Waals surface area contributed by atoms with E-state index in [1.54, 1.807) is 0 Å². The zero-order valence-corrected chi connectivity index (χ0v) is 9.54. The fourth-order valence-corrected chi connectivity index (χ4v) is 3.52. The molecule has 0 radical (unpaired) electrons. The Labute approximate surface area is 92.5 Å². The second kappa shape index (κ2) is 3.80. The lowest BCUT2D eigenvalue weighted by Gasteiger charge is -2.31. The zero-order valence-electron chi connectivity index (χ0n) is 9.54. The van der Waals surface area contributed by atoms with Gasteiger partial charge in [0, 0.05) is 18.5 Å². The summed E-state index contributed by atoms with van der Waals surface area (Å²) in [4.78, 5) is 2.47. The first-order valence-electron chi connectivity index (χ1n) is 6.71. The molecule has 0 spiro atoms. The van der Waals surface area contributed by atoms with Crippen LogP contribution in [-0.2, 0) is 0 Å². The molecule has 2 nitrogen and oxygen atoms in total. The maximum absolute atomic E-state index is 8.22. The molecular weight excluding hydrogens is 184 g/mol. The average molecular weight is 206 g/mol. The van der Waals surface area contributed by atoms with Crippen LogP contribution in [0.5, 0.6) is 0 Å². The molecule has 1 heterocycles. The number of amidine groups is 1. The Morgan fingerprint density at radius 2 is 1.67 bits per heavy atom. The number of nitrogens with zero attached hydrogens (tertiary/aromatic N) is 1. The second-order valence-corrected chi connectivity index (χ2v) is 5.61. The molecule has 84 valence electrons. The molecule has 15 heavy (non-hydrogen) atoms. The highest BCUT2D eigenvalue weighted by atomic mass is 15.2. The van der Waals surface area contributed by atoms with Crippen molar-refractivity contribution in [1.29, 1.82) is 5.41 Å². The van der Waals surface area contributed by atoms with Gasteiger partial charge in [0.15, 0.2) is 0 Å². The van der Waals surface area contributed by atoms with Crippen molar-refractivity contribution in [2.75, 3.05) is 6.54 Å². The van der Waals surface area contributed by atoms with Gasteiger partial charge in [-0.25, -0.2) is 0 Å². The number of likely N-dealkylation sites (tertiary alicyclic amines) is 1. The maximum atomic E-state index is 8.22. The molecule has 2 aliphatic carbocycles. The van der Waals surface area contributed by atoms with Crippen LogP contribution in [0.15, 0.2) is 0 Å². The smallest absolute Gasteiger partial charge is 0.0992 e. The van der Waals surface area contributed by atoms with Gasteiger partial charge in [0.1, 0.15) is 0 Å². The molecule has 0 bridgehead atoms. The number of hydrogen-bond donors (Lipinski definition) is 1. The zero-order chi connectivity index (χ0) is 10.3. The van der Waals surface area contributed by atoms with Gasteiger partial charge in [-0.1, -0.05) is 12.8 Å². The molecule has 1 atom stereocenters. The molecule has 1 N–H and O–H groups in total. The molecule has 1 aliphatic heterocycles. The van der Waals surface area contributed by atoms with E-state index in [-0.39, 0.29) is 0 Å². The fraction of sp³-hybridized carbons (Fsp3) is 0.923.